The summed E-state index contributed by atoms with van der Waals surface area (Å²) >= 11 is 7.56. The predicted octanol–water partition coefficient (Wildman–Crippen LogP) is 3.43. The van der Waals surface area contributed by atoms with E-state index < -0.39 is 0 Å². The standard InChI is InChI=1S/C18H18ClN3O3S/c19-11-6-7-14-13(8-11)22(17(24)10-25-14)9-16(23)21-18-20-12-4-2-1-3-5-15(12)26-18/h6-8H,1-5,9-10H2,(H,20,21,23). The van der Waals surface area contributed by atoms with Gasteiger partial charge in [0, 0.05) is 9.90 Å². The molecule has 2 heterocycles. The van der Waals surface area contributed by atoms with E-state index in [2.05, 4.69) is 10.3 Å². The third kappa shape index (κ3) is 3.54. The number of fused-ring (bicyclic) bond motifs is 2. The minimum absolute atomic E-state index is 0.0898. The van der Waals surface area contributed by atoms with E-state index in [9.17, 15) is 9.59 Å². The number of nitrogens with zero attached hydrogens (tertiary/aromatic N) is 2. The summed E-state index contributed by atoms with van der Waals surface area (Å²) in [6.07, 6.45) is 5.53. The minimum atomic E-state index is -0.282. The summed E-state index contributed by atoms with van der Waals surface area (Å²) in [7, 11) is 0. The van der Waals surface area contributed by atoms with Crippen LogP contribution >= 0.6 is 22.9 Å². The first kappa shape index (κ1) is 17.3. The van der Waals surface area contributed by atoms with E-state index in [0.29, 0.717) is 21.6 Å². The van der Waals surface area contributed by atoms with Crippen LogP contribution in [0, 0.1) is 0 Å². The van der Waals surface area contributed by atoms with Crippen molar-refractivity contribution in [1.29, 1.82) is 0 Å². The Morgan fingerprint density at radius 3 is 3.04 bits per heavy atom. The first-order chi connectivity index (χ1) is 12.6. The van der Waals surface area contributed by atoms with E-state index in [0.717, 1.165) is 25.0 Å². The molecule has 6 nitrogen and oxygen atoms in total. The van der Waals surface area contributed by atoms with Gasteiger partial charge in [-0.2, -0.15) is 0 Å². The van der Waals surface area contributed by atoms with Crippen molar-refractivity contribution < 1.29 is 14.3 Å². The molecule has 1 aliphatic heterocycles. The van der Waals surface area contributed by atoms with E-state index in [1.807, 2.05) is 0 Å². The van der Waals surface area contributed by atoms with Gasteiger partial charge in [-0.15, -0.1) is 11.3 Å². The van der Waals surface area contributed by atoms with Gasteiger partial charge in [0.25, 0.3) is 5.91 Å². The number of benzene rings is 1. The zero-order valence-corrected chi connectivity index (χ0v) is 15.7. The Labute approximate surface area is 160 Å². The summed E-state index contributed by atoms with van der Waals surface area (Å²) in [5.41, 5.74) is 1.61. The maximum absolute atomic E-state index is 12.5. The lowest BCUT2D eigenvalue weighted by molar-refractivity contribution is -0.123. The number of halogens is 1. The molecule has 0 radical (unpaired) electrons. The number of hydrogen-bond donors (Lipinski definition) is 1. The lowest BCUT2D eigenvalue weighted by Gasteiger charge is -2.28. The van der Waals surface area contributed by atoms with Gasteiger partial charge in [-0.05, 0) is 43.9 Å². The van der Waals surface area contributed by atoms with Gasteiger partial charge >= 0.3 is 0 Å². The van der Waals surface area contributed by atoms with Crippen LogP contribution in [0.3, 0.4) is 0 Å². The maximum atomic E-state index is 12.5. The Morgan fingerprint density at radius 1 is 1.31 bits per heavy atom. The summed E-state index contributed by atoms with van der Waals surface area (Å²) in [6.45, 7) is -0.187. The highest BCUT2D eigenvalue weighted by Gasteiger charge is 2.28. The molecule has 0 bridgehead atoms. The minimum Gasteiger partial charge on any atom is -0.482 e. The highest BCUT2D eigenvalue weighted by atomic mass is 35.5. The quantitative estimate of drug-likeness (QED) is 0.813. The number of rotatable bonds is 3. The van der Waals surface area contributed by atoms with Crippen LogP contribution in [0.2, 0.25) is 5.02 Å². The van der Waals surface area contributed by atoms with Gasteiger partial charge in [0.05, 0.1) is 11.4 Å². The van der Waals surface area contributed by atoms with Crippen molar-refractivity contribution >= 4 is 45.6 Å². The number of hydrogen-bond acceptors (Lipinski definition) is 5. The lowest BCUT2D eigenvalue weighted by atomic mass is 10.2. The third-order valence-corrected chi connectivity index (χ3v) is 5.82. The molecule has 4 rings (SSSR count). The molecular formula is C18H18ClN3O3S. The molecule has 1 N–H and O–H groups in total. The highest BCUT2D eigenvalue weighted by Crippen LogP contribution is 2.34. The lowest BCUT2D eigenvalue weighted by Crippen LogP contribution is -2.43. The molecule has 0 saturated heterocycles. The first-order valence-corrected chi connectivity index (χ1v) is 9.81. The number of carbonyl (C=O) groups is 2. The van der Waals surface area contributed by atoms with Crippen LogP contribution in [0.4, 0.5) is 10.8 Å². The van der Waals surface area contributed by atoms with Gasteiger partial charge < -0.3 is 10.1 Å². The number of aromatic nitrogens is 1. The van der Waals surface area contributed by atoms with Crippen LogP contribution in [-0.4, -0.2) is 29.9 Å². The van der Waals surface area contributed by atoms with Crippen LogP contribution in [0.25, 0.3) is 0 Å². The van der Waals surface area contributed by atoms with Crippen molar-refractivity contribution in [2.45, 2.75) is 32.1 Å². The topological polar surface area (TPSA) is 71.5 Å². The van der Waals surface area contributed by atoms with E-state index in [1.165, 1.54) is 34.0 Å². The van der Waals surface area contributed by atoms with Gasteiger partial charge in [-0.3, -0.25) is 14.5 Å². The van der Waals surface area contributed by atoms with Gasteiger partial charge in [0.2, 0.25) is 5.91 Å². The maximum Gasteiger partial charge on any atom is 0.265 e. The Kier molecular flexibility index (Phi) is 4.82. The third-order valence-electron chi connectivity index (χ3n) is 4.51. The van der Waals surface area contributed by atoms with E-state index >= 15 is 0 Å². The predicted molar refractivity (Wildman–Crippen MR) is 101 cm³/mol. The average Bonchev–Trinajstić information content (AvgIpc) is 2.85. The molecule has 26 heavy (non-hydrogen) atoms. The number of ether oxygens (including phenoxy) is 1. The molecule has 0 unspecified atom stereocenters. The van der Waals surface area contributed by atoms with E-state index in [1.54, 1.807) is 18.2 Å². The molecule has 8 heteroatoms. The molecule has 0 fully saturated rings. The Balaban J connectivity index is 1.48. The van der Waals surface area contributed by atoms with E-state index in [4.69, 9.17) is 16.3 Å². The molecule has 2 amide bonds. The summed E-state index contributed by atoms with van der Waals surface area (Å²) in [4.78, 5) is 31.9. The van der Waals surface area contributed by atoms with Crippen LogP contribution in [0.15, 0.2) is 18.2 Å². The molecule has 2 aliphatic rings. The number of aryl methyl sites for hydroxylation is 2. The molecular weight excluding hydrogens is 374 g/mol. The fraction of sp³-hybridized carbons (Fsp3) is 0.389. The molecule has 0 spiro atoms. The van der Waals surface area contributed by atoms with Gasteiger partial charge in [0.1, 0.15) is 12.3 Å². The van der Waals surface area contributed by atoms with Gasteiger partial charge in [-0.25, -0.2) is 4.98 Å². The SMILES string of the molecule is O=C(CN1C(=O)COc2ccc(Cl)cc21)Nc1nc2c(s1)CCCCC2. The zero-order chi connectivity index (χ0) is 18.1. The number of nitrogens with one attached hydrogen (secondary N) is 1. The fourth-order valence-corrected chi connectivity index (χ4v) is 4.47. The number of amides is 2. The second kappa shape index (κ2) is 7.25. The van der Waals surface area contributed by atoms with Crippen molar-refractivity contribution in [1.82, 2.24) is 4.98 Å². The molecule has 1 aromatic heterocycles. The molecule has 2 aromatic rings. The number of thiazole rings is 1. The largest absolute Gasteiger partial charge is 0.482 e. The number of anilines is 2. The van der Waals surface area contributed by atoms with Crippen molar-refractivity contribution in [2.75, 3.05) is 23.4 Å². The van der Waals surface area contributed by atoms with Crippen LogP contribution in [-0.2, 0) is 22.4 Å². The normalized spacial score (nSPS) is 16.3. The number of carbonyl (C=O) groups excluding carboxylic acids is 2. The second-order valence-corrected chi connectivity index (χ2v) is 7.90. The Bertz CT molecular complexity index is 844. The molecule has 0 atom stereocenters. The van der Waals surface area contributed by atoms with Crippen LogP contribution in [0.1, 0.15) is 29.8 Å². The summed E-state index contributed by atoms with van der Waals surface area (Å²) in [5, 5.41) is 3.92. The van der Waals surface area contributed by atoms with Crippen molar-refractivity contribution in [3.8, 4) is 5.75 Å². The summed E-state index contributed by atoms with van der Waals surface area (Å²) < 4.78 is 5.40. The zero-order valence-electron chi connectivity index (χ0n) is 14.1. The van der Waals surface area contributed by atoms with Crippen molar-refractivity contribution in [3.63, 3.8) is 0 Å². The van der Waals surface area contributed by atoms with Crippen molar-refractivity contribution in [3.05, 3.63) is 33.8 Å². The monoisotopic (exact) mass is 391 g/mol. The van der Waals surface area contributed by atoms with E-state index in [-0.39, 0.29) is 25.0 Å². The van der Waals surface area contributed by atoms with Crippen molar-refractivity contribution in [2.24, 2.45) is 0 Å². The molecule has 136 valence electrons. The molecule has 1 aliphatic carbocycles. The summed E-state index contributed by atoms with van der Waals surface area (Å²) in [5.74, 6) is -0.0114. The molecule has 0 saturated carbocycles. The van der Waals surface area contributed by atoms with Crippen LogP contribution < -0.4 is 15.0 Å². The Morgan fingerprint density at radius 2 is 2.15 bits per heavy atom. The second-order valence-electron chi connectivity index (χ2n) is 6.38. The van der Waals surface area contributed by atoms with Gasteiger partial charge in [-0.1, -0.05) is 18.0 Å². The first-order valence-electron chi connectivity index (χ1n) is 8.61. The smallest absolute Gasteiger partial charge is 0.265 e. The summed E-state index contributed by atoms with van der Waals surface area (Å²) in [6, 6.07) is 5.02. The fourth-order valence-electron chi connectivity index (χ4n) is 3.23. The molecule has 1 aromatic carbocycles. The average molecular weight is 392 g/mol. The van der Waals surface area contributed by atoms with Gasteiger partial charge in [0.15, 0.2) is 11.7 Å². The van der Waals surface area contributed by atoms with Crippen LogP contribution in [0.5, 0.6) is 5.75 Å². The highest BCUT2D eigenvalue weighted by molar-refractivity contribution is 7.15. The Hall–Kier alpha value is -2.12.